The van der Waals surface area contributed by atoms with Crippen LogP contribution in [0.5, 0.6) is 5.75 Å². The molecule has 4 rings (SSSR count). The van der Waals surface area contributed by atoms with E-state index < -0.39 is 24.1 Å². The number of ether oxygens (including phenoxy) is 3. The number of aryl methyl sites for hydroxylation is 1. The van der Waals surface area contributed by atoms with Gasteiger partial charge in [0.2, 0.25) is 0 Å². The fourth-order valence-corrected chi connectivity index (χ4v) is 5.60. The van der Waals surface area contributed by atoms with E-state index in [1.165, 1.54) is 11.7 Å². The lowest BCUT2D eigenvalue weighted by atomic mass is 9.98. The summed E-state index contributed by atoms with van der Waals surface area (Å²) in [4.78, 5) is 29.0. The second-order valence-electron chi connectivity index (χ2n) is 11.2. The Labute approximate surface area is 243 Å². The molecular weight excluding hydrogens is 556 g/mol. The van der Waals surface area contributed by atoms with Crippen molar-refractivity contribution < 1.29 is 32.6 Å². The summed E-state index contributed by atoms with van der Waals surface area (Å²) >= 11 is 6.45. The van der Waals surface area contributed by atoms with Gasteiger partial charge < -0.3 is 14.2 Å². The number of benzene rings is 2. The van der Waals surface area contributed by atoms with Gasteiger partial charge in [-0.05, 0) is 63.1 Å². The number of esters is 1. The maximum Gasteiger partial charge on any atom is 0.419 e. The minimum absolute atomic E-state index is 0.227. The summed E-state index contributed by atoms with van der Waals surface area (Å²) < 4.78 is 44.4. The minimum atomic E-state index is -2.46. The van der Waals surface area contributed by atoms with Crippen molar-refractivity contribution in [3.05, 3.63) is 63.8 Å². The first-order valence-electron chi connectivity index (χ1n) is 13.4. The molecule has 0 radical (unpaired) electrons. The zero-order chi connectivity index (χ0) is 30.1. The van der Waals surface area contributed by atoms with Crippen LogP contribution < -0.4 is 4.74 Å². The Morgan fingerprint density at radius 2 is 1.85 bits per heavy atom. The Morgan fingerprint density at radius 3 is 2.46 bits per heavy atom. The van der Waals surface area contributed by atoms with Crippen LogP contribution in [0, 0.1) is 6.92 Å². The van der Waals surface area contributed by atoms with Gasteiger partial charge >= 0.3 is 12.1 Å². The van der Waals surface area contributed by atoms with E-state index in [9.17, 15) is 18.4 Å². The predicted molar refractivity (Wildman–Crippen MR) is 153 cm³/mol. The normalized spacial score (nSPS) is 16.8. The van der Waals surface area contributed by atoms with Crippen molar-refractivity contribution in [1.29, 1.82) is 0 Å². The number of aromatic nitrogens is 1. The zero-order valence-electron chi connectivity index (χ0n) is 24.2. The average Bonchev–Trinajstić information content (AvgIpc) is 3.35. The van der Waals surface area contributed by atoms with Crippen LogP contribution in [0.1, 0.15) is 53.9 Å². The van der Waals surface area contributed by atoms with Crippen LogP contribution >= 0.6 is 11.6 Å². The summed E-state index contributed by atoms with van der Waals surface area (Å²) in [6.45, 7) is 8.73. The molecule has 1 aromatic heterocycles. The maximum atomic E-state index is 13.3. The summed E-state index contributed by atoms with van der Waals surface area (Å²) in [7, 11) is 2.88. The molecule has 11 heteroatoms. The molecule has 0 amide bonds. The fourth-order valence-electron chi connectivity index (χ4n) is 5.33. The van der Waals surface area contributed by atoms with Crippen LogP contribution in [0.25, 0.3) is 10.9 Å². The molecular formula is C30H36ClF2N3O5. The lowest BCUT2D eigenvalue weighted by Gasteiger charge is -2.42. The Balaban J connectivity index is 1.75. The van der Waals surface area contributed by atoms with Crippen molar-refractivity contribution in [2.75, 3.05) is 40.4 Å². The van der Waals surface area contributed by atoms with Crippen LogP contribution in [-0.4, -0.2) is 78.9 Å². The zero-order valence-corrected chi connectivity index (χ0v) is 24.9. The summed E-state index contributed by atoms with van der Waals surface area (Å²) in [5.41, 5.74) is 2.78. The van der Waals surface area contributed by atoms with E-state index >= 15 is 0 Å². The largest absolute Gasteiger partial charge is 0.496 e. The first-order chi connectivity index (χ1) is 19.3. The number of halogens is 3. The third-order valence-corrected chi connectivity index (χ3v) is 7.47. The molecule has 2 heterocycles. The predicted octanol–water partition coefficient (Wildman–Crippen LogP) is 6.31. The van der Waals surface area contributed by atoms with Crippen LogP contribution in [-0.2, 0) is 16.0 Å². The van der Waals surface area contributed by atoms with Crippen LogP contribution in [0.15, 0.2) is 36.5 Å². The van der Waals surface area contributed by atoms with E-state index in [4.69, 9.17) is 25.8 Å². The van der Waals surface area contributed by atoms with E-state index in [1.54, 1.807) is 36.4 Å². The van der Waals surface area contributed by atoms with Crippen molar-refractivity contribution in [2.45, 2.75) is 52.3 Å². The van der Waals surface area contributed by atoms with Gasteiger partial charge in [-0.1, -0.05) is 17.7 Å². The molecule has 0 aliphatic carbocycles. The number of carbonyl (C=O) groups excluding carboxylic acids is 2. The molecule has 41 heavy (non-hydrogen) atoms. The van der Waals surface area contributed by atoms with Crippen LogP contribution in [0.4, 0.5) is 13.6 Å². The van der Waals surface area contributed by atoms with E-state index in [-0.39, 0.29) is 23.2 Å². The molecule has 1 aliphatic rings. The Morgan fingerprint density at radius 1 is 1.12 bits per heavy atom. The molecule has 2 aromatic carbocycles. The molecule has 0 N–H and O–H groups in total. The van der Waals surface area contributed by atoms with E-state index in [0.717, 1.165) is 22.1 Å². The van der Waals surface area contributed by atoms with E-state index in [0.29, 0.717) is 37.4 Å². The summed E-state index contributed by atoms with van der Waals surface area (Å²) in [6, 6.07) is 8.53. The number of carbonyl (C=O) groups is 2. The van der Waals surface area contributed by atoms with Gasteiger partial charge in [0.25, 0.3) is 6.43 Å². The number of rotatable bonds is 7. The molecule has 1 saturated heterocycles. The topological polar surface area (TPSA) is 73.2 Å². The Bertz CT molecular complexity index is 1440. The summed E-state index contributed by atoms with van der Waals surface area (Å²) in [5, 5.41) is 1.06. The van der Waals surface area contributed by atoms with E-state index in [1.807, 2.05) is 39.8 Å². The summed E-state index contributed by atoms with van der Waals surface area (Å²) in [5.74, 6) is 0.104. The van der Waals surface area contributed by atoms with Crippen molar-refractivity contribution in [3.8, 4) is 5.75 Å². The average molecular weight is 592 g/mol. The van der Waals surface area contributed by atoms with Gasteiger partial charge in [-0.3, -0.25) is 14.4 Å². The number of hydrogen-bond donors (Lipinski definition) is 0. The van der Waals surface area contributed by atoms with Gasteiger partial charge in [0, 0.05) is 49.4 Å². The standard InChI is InChI=1S/C30H36ClF2N3O5/c1-18-13-25(39-5)22(20-9-10-36(27(18)20)29(38)41-30(2,3)4)15-35-12-11-34(17-26(32)33)16-24(35)19-7-8-21(23(31)14-19)28(37)40-6/h7-10,13-14,24,26H,11-12,15-17H2,1-6H3/t24-/m1/s1. The molecule has 3 aromatic rings. The highest BCUT2D eigenvalue weighted by Crippen LogP contribution is 2.37. The Kier molecular flexibility index (Phi) is 9.25. The molecule has 1 atom stereocenters. The first-order valence-corrected chi connectivity index (χ1v) is 13.7. The van der Waals surface area contributed by atoms with Crippen molar-refractivity contribution in [2.24, 2.45) is 0 Å². The molecule has 1 aliphatic heterocycles. The molecule has 0 saturated carbocycles. The number of fused-ring (bicyclic) bond motifs is 1. The molecule has 0 spiro atoms. The molecule has 0 bridgehead atoms. The first kappa shape index (κ1) is 30.7. The number of hydrogen-bond acceptors (Lipinski definition) is 7. The second-order valence-corrected chi connectivity index (χ2v) is 11.6. The van der Waals surface area contributed by atoms with Gasteiger partial charge in [0.05, 0.1) is 36.9 Å². The third kappa shape index (κ3) is 6.82. The van der Waals surface area contributed by atoms with Crippen LogP contribution in [0.2, 0.25) is 5.02 Å². The van der Waals surface area contributed by atoms with Gasteiger partial charge in [-0.2, -0.15) is 0 Å². The monoisotopic (exact) mass is 591 g/mol. The third-order valence-electron chi connectivity index (χ3n) is 7.16. The highest BCUT2D eigenvalue weighted by molar-refractivity contribution is 6.33. The Hall–Kier alpha value is -3.21. The number of nitrogens with zero attached hydrogens (tertiary/aromatic N) is 3. The highest BCUT2D eigenvalue weighted by Gasteiger charge is 2.32. The number of alkyl halides is 2. The molecule has 1 fully saturated rings. The van der Waals surface area contributed by atoms with E-state index in [2.05, 4.69) is 4.90 Å². The second kappa shape index (κ2) is 12.3. The van der Waals surface area contributed by atoms with Crippen molar-refractivity contribution >= 4 is 34.6 Å². The van der Waals surface area contributed by atoms with Gasteiger partial charge in [-0.25, -0.2) is 18.4 Å². The lowest BCUT2D eigenvalue weighted by Crippen LogP contribution is -2.49. The fraction of sp³-hybridized carbons (Fsp3) is 0.467. The van der Waals surface area contributed by atoms with Crippen molar-refractivity contribution in [3.63, 3.8) is 0 Å². The van der Waals surface area contributed by atoms with Gasteiger partial charge in [-0.15, -0.1) is 0 Å². The SMILES string of the molecule is COC(=O)c1ccc([C@H]2CN(CC(F)F)CCN2Cc2c(OC)cc(C)c3c2ccn3C(=O)OC(C)(C)C)cc1Cl. The molecule has 222 valence electrons. The molecule has 0 unspecified atom stereocenters. The number of methoxy groups -OCH3 is 2. The van der Waals surface area contributed by atoms with Gasteiger partial charge in [0.1, 0.15) is 11.4 Å². The number of piperazine rings is 1. The highest BCUT2D eigenvalue weighted by atomic mass is 35.5. The smallest absolute Gasteiger partial charge is 0.419 e. The minimum Gasteiger partial charge on any atom is -0.496 e. The maximum absolute atomic E-state index is 13.3. The van der Waals surface area contributed by atoms with Crippen LogP contribution in [0.3, 0.4) is 0 Å². The quantitative estimate of drug-likeness (QED) is 0.298. The lowest BCUT2D eigenvalue weighted by molar-refractivity contribution is 0.0245. The van der Waals surface area contributed by atoms with Crippen molar-refractivity contribution in [1.82, 2.24) is 14.4 Å². The summed E-state index contributed by atoms with van der Waals surface area (Å²) in [6.07, 6.45) is -1.25. The van der Waals surface area contributed by atoms with Gasteiger partial charge in [0.15, 0.2) is 0 Å². The molecule has 8 nitrogen and oxygen atoms in total.